The SMILES string of the molecule is CC1CCC(C(=O)c2ccc(Br)c(Cl)c2F)C1. The van der Waals surface area contributed by atoms with Crippen molar-refractivity contribution in [2.45, 2.75) is 26.2 Å². The Morgan fingerprint density at radius 3 is 2.76 bits per heavy atom. The first-order valence-electron chi connectivity index (χ1n) is 5.68. The van der Waals surface area contributed by atoms with Gasteiger partial charge < -0.3 is 0 Å². The highest BCUT2D eigenvalue weighted by Gasteiger charge is 2.30. The monoisotopic (exact) mass is 318 g/mol. The van der Waals surface area contributed by atoms with E-state index in [2.05, 4.69) is 22.9 Å². The Morgan fingerprint density at radius 1 is 1.47 bits per heavy atom. The van der Waals surface area contributed by atoms with E-state index in [1.54, 1.807) is 6.07 Å². The van der Waals surface area contributed by atoms with Gasteiger partial charge in [-0.15, -0.1) is 0 Å². The Labute approximate surface area is 113 Å². The van der Waals surface area contributed by atoms with Crippen LogP contribution in [0.5, 0.6) is 0 Å². The molecule has 92 valence electrons. The Morgan fingerprint density at radius 2 is 2.18 bits per heavy atom. The molecule has 1 fully saturated rings. The number of Topliss-reactive ketones (excluding diaryl/α,β-unsaturated/α-hetero) is 1. The summed E-state index contributed by atoms with van der Waals surface area (Å²) in [4.78, 5) is 12.2. The predicted molar refractivity (Wildman–Crippen MR) is 69.9 cm³/mol. The Hall–Kier alpha value is -0.410. The van der Waals surface area contributed by atoms with E-state index in [0.29, 0.717) is 10.4 Å². The second kappa shape index (κ2) is 5.07. The van der Waals surface area contributed by atoms with Crippen LogP contribution in [-0.2, 0) is 0 Å². The molecule has 0 saturated heterocycles. The van der Waals surface area contributed by atoms with Crippen LogP contribution in [0, 0.1) is 17.7 Å². The molecule has 1 aromatic rings. The number of carbonyl (C=O) groups excluding carboxylic acids is 1. The third-order valence-corrected chi connectivity index (χ3v) is 4.62. The molecule has 1 saturated carbocycles. The number of benzene rings is 1. The summed E-state index contributed by atoms with van der Waals surface area (Å²) in [5.41, 5.74) is 0.123. The number of hydrogen-bond acceptors (Lipinski definition) is 1. The van der Waals surface area contributed by atoms with Crippen molar-refractivity contribution in [3.05, 3.63) is 33.0 Å². The van der Waals surface area contributed by atoms with Gasteiger partial charge in [0.1, 0.15) is 0 Å². The van der Waals surface area contributed by atoms with Crippen LogP contribution in [0.4, 0.5) is 4.39 Å². The van der Waals surface area contributed by atoms with Crippen LogP contribution in [0.1, 0.15) is 36.5 Å². The average Bonchev–Trinajstić information content (AvgIpc) is 2.72. The van der Waals surface area contributed by atoms with E-state index in [4.69, 9.17) is 11.6 Å². The summed E-state index contributed by atoms with van der Waals surface area (Å²) in [7, 11) is 0. The van der Waals surface area contributed by atoms with Crippen LogP contribution >= 0.6 is 27.5 Å². The Kier molecular flexibility index (Phi) is 3.88. The van der Waals surface area contributed by atoms with Gasteiger partial charge in [-0.2, -0.15) is 0 Å². The topological polar surface area (TPSA) is 17.1 Å². The third kappa shape index (κ3) is 2.55. The number of rotatable bonds is 2. The van der Waals surface area contributed by atoms with Crippen LogP contribution in [0.2, 0.25) is 5.02 Å². The second-order valence-electron chi connectivity index (χ2n) is 4.70. The van der Waals surface area contributed by atoms with E-state index in [9.17, 15) is 9.18 Å². The van der Waals surface area contributed by atoms with Gasteiger partial charge in [0.05, 0.1) is 10.6 Å². The molecule has 0 spiro atoms. The van der Waals surface area contributed by atoms with E-state index in [1.165, 1.54) is 6.07 Å². The summed E-state index contributed by atoms with van der Waals surface area (Å²) in [6.07, 6.45) is 2.75. The molecule has 0 radical (unpaired) electrons. The highest BCUT2D eigenvalue weighted by molar-refractivity contribution is 9.10. The zero-order valence-corrected chi connectivity index (χ0v) is 11.8. The van der Waals surface area contributed by atoms with Gasteiger partial charge in [-0.3, -0.25) is 4.79 Å². The third-order valence-electron chi connectivity index (χ3n) is 3.37. The molecule has 1 aliphatic rings. The van der Waals surface area contributed by atoms with Gasteiger partial charge in [-0.25, -0.2) is 4.39 Å². The standard InChI is InChI=1S/C13H13BrClFO/c1-7-2-3-8(6-7)13(17)9-4-5-10(14)11(15)12(9)16/h4-5,7-8H,2-3,6H2,1H3. The van der Waals surface area contributed by atoms with Crippen molar-refractivity contribution in [3.63, 3.8) is 0 Å². The molecule has 17 heavy (non-hydrogen) atoms. The maximum Gasteiger partial charge on any atom is 0.168 e. The molecule has 2 rings (SSSR count). The number of ketones is 1. The highest BCUT2D eigenvalue weighted by Crippen LogP contribution is 2.35. The molecule has 4 heteroatoms. The summed E-state index contributed by atoms with van der Waals surface area (Å²) in [6, 6.07) is 3.13. The van der Waals surface area contributed by atoms with E-state index in [0.717, 1.165) is 19.3 Å². The lowest BCUT2D eigenvalue weighted by atomic mass is 9.95. The van der Waals surface area contributed by atoms with Gasteiger partial charge in [-0.05, 0) is 53.2 Å². The van der Waals surface area contributed by atoms with Gasteiger partial charge in [0.15, 0.2) is 11.6 Å². The van der Waals surface area contributed by atoms with Crippen molar-refractivity contribution in [1.29, 1.82) is 0 Å². The first-order valence-corrected chi connectivity index (χ1v) is 6.85. The molecule has 0 N–H and O–H groups in total. The maximum atomic E-state index is 13.9. The zero-order valence-electron chi connectivity index (χ0n) is 9.47. The minimum atomic E-state index is -0.606. The number of carbonyl (C=O) groups is 1. The van der Waals surface area contributed by atoms with Gasteiger partial charge in [0, 0.05) is 10.4 Å². The van der Waals surface area contributed by atoms with E-state index < -0.39 is 5.82 Å². The fourth-order valence-corrected chi connectivity index (χ4v) is 2.85. The van der Waals surface area contributed by atoms with Gasteiger partial charge >= 0.3 is 0 Å². The average molecular weight is 320 g/mol. The van der Waals surface area contributed by atoms with Crippen LogP contribution < -0.4 is 0 Å². The van der Waals surface area contributed by atoms with Gasteiger partial charge in [-0.1, -0.05) is 18.5 Å². The zero-order chi connectivity index (χ0) is 12.6. The summed E-state index contributed by atoms with van der Waals surface area (Å²) in [6.45, 7) is 2.12. The van der Waals surface area contributed by atoms with Crippen LogP contribution in [0.25, 0.3) is 0 Å². The normalized spacial score (nSPS) is 24.0. The Bertz CT molecular complexity index is 461. The van der Waals surface area contributed by atoms with Crippen molar-refractivity contribution in [1.82, 2.24) is 0 Å². The van der Waals surface area contributed by atoms with E-state index in [-0.39, 0.29) is 22.3 Å². The molecule has 0 aliphatic heterocycles. The van der Waals surface area contributed by atoms with Gasteiger partial charge in [0.25, 0.3) is 0 Å². The highest BCUT2D eigenvalue weighted by atomic mass is 79.9. The molecule has 0 aromatic heterocycles. The summed E-state index contributed by atoms with van der Waals surface area (Å²) < 4.78 is 14.4. The van der Waals surface area contributed by atoms with Gasteiger partial charge in [0.2, 0.25) is 0 Å². The summed E-state index contributed by atoms with van der Waals surface area (Å²) in [5.74, 6) is -0.207. The molecule has 0 amide bonds. The lowest BCUT2D eigenvalue weighted by Crippen LogP contribution is -2.13. The molecule has 1 aliphatic carbocycles. The molecule has 2 atom stereocenters. The van der Waals surface area contributed by atoms with Crippen molar-refractivity contribution in [2.24, 2.45) is 11.8 Å². The minimum absolute atomic E-state index is 0.0121. The summed E-state index contributed by atoms with van der Waals surface area (Å²) >= 11 is 8.93. The second-order valence-corrected chi connectivity index (χ2v) is 5.93. The fourth-order valence-electron chi connectivity index (χ4n) is 2.38. The lowest BCUT2D eigenvalue weighted by molar-refractivity contribution is 0.0916. The lowest BCUT2D eigenvalue weighted by Gasteiger charge is -2.10. The van der Waals surface area contributed by atoms with E-state index >= 15 is 0 Å². The molecule has 1 aromatic carbocycles. The smallest absolute Gasteiger partial charge is 0.168 e. The van der Waals surface area contributed by atoms with Crippen molar-refractivity contribution < 1.29 is 9.18 Å². The summed E-state index contributed by atoms with van der Waals surface area (Å²) in [5, 5.41) is -0.0121. The van der Waals surface area contributed by atoms with E-state index in [1.807, 2.05) is 0 Å². The maximum absolute atomic E-state index is 13.9. The van der Waals surface area contributed by atoms with Crippen molar-refractivity contribution in [3.8, 4) is 0 Å². The molecular formula is C13H13BrClFO. The predicted octanol–water partition coefficient (Wildman–Crippen LogP) is 4.86. The fraction of sp³-hybridized carbons (Fsp3) is 0.462. The number of hydrogen-bond donors (Lipinski definition) is 0. The van der Waals surface area contributed by atoms with Crippen LogP contribution in [-0.4, -0.2) is 5.78 Å². The molecule has 1 nitrogen and oxygen atoms in total. The Balaban J connectivity index is 2.29. The quantitative estimate of drug-likeness (QED) is 0.562. The first-order chi connectivity index (χ1) is 8.00. The van der Waals surface area contributed by atoms with Crippen LogP contribution in [0.3, 0.4) is 0 Å². The van der Waals surface area contributed by atoms with Crippen molar-refractivity contribution >= 4 is 33.3 Å². The number of halogens is 3. The minimum Gasteiger partial charge on any atom is -0.294 e. The van der Waals surface area contributed by atoms with Crippen molar-refractivity contribution in [2.75, 3.05) is 0 Å². The molecule has 0 heterocycles. The first kappa shape index (κ1) is 13.0. The molecular weight excluding hydrogens is 306 g/mol. The van der Waals surface area contributed by atoms with Crippen LogP contribution in [0.15, 0.2) is 16.6 Å². The molecule has 0 bridgehead atoms. The largest absolute Gasteiger partial charge is 0.294 e. The molecule has 2 unspecified atom stereocenters.